The van der Waals surface area contributed by atoms with E-state index in [1.807, 2.05) is 12.1 Å². The molecule has 2 heteroatoms. The van der Waals surface area contributed by atoms with E-state index in [2.05, 4.69) is 109 Å². The van der Waals surface area contributed by atoms with Crippen LogP contribution < -0.4 is 5.32 Å². The smallest absolute Gasteiger partial charge is 0.135 e. The summed E-state index contributed by atoms with van der Waals surface area (Å²) in [5.74, 6) is 0.240. The Balaban J connectivity index is 1.37. The predicted octanol–water partition coefficient (Wildman–Crippen LogP) is 8.81. The van der Waals surface area contributed by atoms with Gasteiger partial charge < -0.3 is 9.73 Å². The molecule has 0 amide bonds. The van der Waals surface area contributed by atoms with Crippen molar-refractivity contribution in [3.05, 3.63) is 120 Å². The second kappa shape index (κ2) is 6.64. The topological polar surface area (TPSA) is 25.2 Å². The van der Waals surface area contributed by atoms with Crippen LogP contribution in [0.3, 0.4) is 0 Å². The van der Waals surface area contributed by atoms with Crippen molar-refractivity contribution in [1.82, 2.24) is 0 Å². The molecule has 35 heavy (non-hydrogen) atoms. The summed E-state index contributed by atoms with van der Waals surface area (Å²) in [7, 11) is 0. The normalized spacial score (nSPS) is 20.8. The number of anilines is 1. The van der Waals surface area contributed by atoms with Gasteiger partial charge in [0.1, 0.15) is 11.2 Å². The fourth-order valence-corrected chi connectivity index (χ4v) is 6.50. The lowest BCUT2D eigenvalue weighted by atomic mass is 9.72. The zero-order chi connectivity index (χ0) is 23.1. The Morgan fingerprint density at radius 1 is 0.686 bits per heavy atom. The van der Waals surface area contributed by atoms with Crippen LogP contribution in [0.1, 0.15) is 24.0 Å². The highest BCUT2D eigenvalue weighted by Gasteiger charge is 2.46. The van der Waals surface area contributed by atoms with Crippen LogP contribution >= 0.6 is 0 Å². The molecule has 2 nitrogen and oxygen atoms in total. The van der Waals surface area contributed by atoms with Crippen LogP contribution in [0.2, 0.25) is 0 Å². The SMILES string of the molecule is CC12Nc3c(c4ccccc4c4ccccc34)C1C=CC=C2c1ccc2oc3ccccc3c2c1. The second-order valence-electron chi connectivity index (χ2n) is 9.96. The third kappa shape index (κ3) is 2.44. The first-order chi connectivity index (χ1) is 17.2. The molecule has 0 saturated heterocycles. The van der Waals surface area contributed by atoms with Crippen molar-refractivity contribution in [3.63, 3.8) is 0 Å². The molecule has 2 unspecified atom stereocenters. The average Bonchev–Trinajstić information content (AvgIpc) is 3.43. The van der Waals surface area contributed by atoms with Gasteiger partial charge in [-0.25, -0.2) is 0 Å². The zero-order valence-corrected chi connectivity index (χ0v) is 19.4. The van der Waals surface area contributed by atoms with Gasteiger partial charge in [0.2, 0.25) is 0 Å². The van der Waals surface area contributed by atoms with E-state index in [1.165, 1.54) is 49.3 Å². The first kappa shape index (κ1) is 19.1. The lowest BCUT2D eigenvalue weighted by molar-refractivity contribution is 0.616. The Bertz CT molecular complexity index is 1900. The van der Waals surface area contributed by atoms with Gasteiger partial charge in [-0.3, -0.25) is 0 Å². The molecule has 0 spiro atoms. The van der Waals surface area contributed by atoms with Crippen LogP contribution in [-0.4, -0.2) is 5.54 Å². The summed E-state index contributed by atoms with van der Waals surface area (Å²) in [4.78, 5) is 0. The summed E-state index contributed by atoms with van der Waals surface area (Å²) in [5, 5.41) is 11.6. The van der Waals surface area contributed by atoms with Crippen molar-refractivity contribution >= 4 is 54.7 Å². The lowest BCUT2D eigenvalue weighted by Crippen LogP contribution is -2.38. The van der Waals surface area contributed by atoms with Crippen LogP contribution in [0, 0.1) is 0 Å². The second-order valence-corrected chi connectivity index (χ2v) is 9.96. The zero-order valence-electron chi connectivity index (χ0n) is 19.4. The summed E-state index contributed by atoms with van der Waals surface area (Å²) >= 11 is 0. The molecule has 1 aliphatic heterocycles. The summed E-state index contributed by atoms with van der Waals surface area (Å²) in [6, 6.07) is 32.6. The number of benzene rings is 5. The Morgan fingerprint density at radius 3 is 2.17 bits per heavy atom. The third-order valence-corrected chi connectivity index (χ3v) is 8.10. The Hall–Kier alpha value is -4.30. The molecule has 1 aliphatic carbocycles. The number of fused-ring (bicyclic) bond motifs is 11. The van der Waals surface area contributed by atoms with Gasteiger partial charge in [0.05, 0.1) is 5.54 Å². The number of nitrogens with one attached hydrogen (secondary N) is 1. The monoisotopic (exact) mass is 449 g/mol. The van der Waals surface area contributed by atoms with Gasteiger partial charge in [-0.1, -0.05) is 91.0 Å². The number of para-hydroxylation sites is 1. The Kier molecular flexibility index (Phi) is 3.61. The molecule has 0 fully saturated rings. The lowest BCUT2D eigenvalue weighted by Gasteiger charge is -2.36. The predicted molar refractivity (Wildman–Crippen MR) is 147 cm³/mol. The van der Waals surface area contributed by atoms with Gasteiger partial charge in [0.15, 0.2) is 0 Å². The number of hydrogen-bond acceptors (Lipinski definition) is 2. The summed E-state index contributed by atoms with van der Waals surface area (Å²) in [5.41, 5.74) is 6.82. The van der Waals surface area contributed by atoms with E-state index in [0.29, 0.717) is 0 Å². The summed E-state index contributed by atoms with van der Waals surface area (Å²) < 4.78 is 6.10. The van der Waals surface area contributed by atoms with Crippen molar-refractivity contribution < 1.29 is 4.42 Å². The fraction of sp³-hybridized carbons (Fsp3) is 0.0909. The Labute approximate surface area is 203 Å². The van der Waals surface area contributed by atoms with E-state index < -0.39 is 0 Å². The number of rotatable bonds is 1. The molecule has 2 aliphatic rings. The first-order valence-electron chi connectivity index (χ1n) is 12.2. The molecule has 0 radical (unpaired) electrons. The highest BCUT2D eigenvalue weighted by atomic mass is 16.3. The van der Waals surface area contributed by atoms with Gasteiger partial charge >= 0.3 is 0 Å². The van der Waals surface area contributed by atoms with Crippen molar-refractivity contribution in [1.29, 1.82) is 0 Å². The summed E-state index contributed by atoms with van der Waals surface area (Å²) in [6.07, 6.45) is 6.89. The van der Waals surface area contributed by atoms with E-state index in [9.17, 15) is 0 Å². The van der Waals surface area contributed by atoms with Gasteiger partial charge in [0.25, 0.3) is 0 Å². The van der Waals surface area contributed by atoms with Gasteiger partial charge in [0, 0.05) is 27.8 Å². The standard InChI is InChI=1S/C33H23NO/c1-33-27(20-17-18-30-26(19-20)23-11-6-7-16-29(23)35-30)14-8-15-28(33)31-24-12-4-2-9-21(24)22-10-3-5-13-25(22)32(31)34-33/h2-19,28,34H,1H3. The van der Waals surface area contributed by atoms with E-state index in [0.717, 1.165) is 16.6 Å². The molecular weight excluding hydrogens is 426 g/mol. The van der Waals surface area contributed by atoms with Crippen molar-refractivity contribution in [2.45, 2.75) is 18.4 Å². The molecule has 1 N–H and O–H groups in total. The molecule has 5 aromatic carbocycles. The number of furan rings is 1. The maximum Gasteiger partial charge on any atom is 0.135 e. The molecule has 0 bridgehead atoms. The minimum atomic E-state index is -0.253. The molecular formula is C33H23NO. The van der Waals surface area contributed by atoms with Crippen LogP contribution in [0.25, 0.3) is 49.1 Å². The molecule has 8 rings (SSSR count). The third-order valence-electron chi connectivity index (χ3n) is 8.10. The van der Waals surface area contributed by atoms with E-state index in [-0.39, 0.29) is 11.5 Å². The highest BCUT2D eigenvalue weighted by Crippen LogP contribution is 2.56. The fourth-order valence-electron chi connectivity index (χ4n) is 6.50. The van der Waals surface area contributed by atoms with Crippen molar-refractivity contribution in [2.24, 2.45) is 0 Å². The largest absolute Gasteiger partial charge is 0.456 e. The van der Waals surface area contributed by atoms with Crippen molar-refractivity contribution in [2.75, 3.05) is 5.32 Å². The van der Waals surface area contributed by atoms with E-state index in [4.69, 9.17) is 4.42 Å². The van der Waals surface area contributed by atoms with Crippen LogP contribution in [0.4, 0.5) is 5.69 Å². The van der Waals surface area contributed by atoms with Crippen LogP contribution in [0.15, 0.2) is 114 Å². The first-order valence-corrected chi connectivity index (χ1v) is 12.2. The van der Waals surface area contributed by atoms with E-state index >= 15 is 0 Å². The molecule has 0 saturated carbocycles. The van der Waals surface area contributed by atoms with Crippen LogP contribution in [0.5, 0.6) is 0 Å². The average molecular weight is 450 g/mol. The maximum atomic E-state index is 6.10. The molecule has 1 aromatic heterocycles. The minimum Gasteiger partial charge on any atom is -0.456 e. The number of allylic oxidation sites excluding steroid dienone is 2. The van der Waals surface area contributed by atoms with Crippen LogP contribution in [-0.2, 0) is 0 Å². The Morgan fingerprint density at radius 2 is 1.34 bits per heavy atom. The maximum absolute atomic E-state index is 6.10. The molecule has 166 valence electrons. The van der Waals surface area contributed by atoms with E-state index in [1.54, 1.807) is 0 Å². The summed E-state index contributed by atoms with van der Waals surface area (Å²) in [6.45, 7) is 2.36. The van der Waals surface area contributed by atoms with Gasteiger partial charge in [-0.2, -0.15) is 0 Å². The molecule has 6 aromatic rings. The molecule has 2 atom stereocenters. The quantitative estimate of drug-likeness (QED) is 0.254. The highest BCUT2D eigenvalue weighted by molar-refractivity contribution is 6.17. The number of hydrogen-bond donors (Lipinski definition) is 1. The molecule has 2 heterocycles. The van der Waals surface area contributed by atoms with Gasteiger partial charge in [-0.15, -0.1) is 0 Å². The van der Waals surface area contributed by atoms with Crippen molar-refractivity contribution in [3.8, 4) is 0 Å². The minimum absolute atomic E-state index is 0.240. The van der Waals surface area contributed by atoms with Gasteiger partial charge in [-0.05, 0) is 58.0 Å².